The third-order valence-electron chi connectivity index (χ3n) is 1.90. The molecule has 1 unspecified atom stereocenters. The van der Waals surface area contributed by atoms with E-state index in [1.54, 1.807) is 26.2 Å². The van der Waals surface area contributed by atoms with Crippen molar-refractivity contribution in [2.24, 2.45) is 0 Å². The average Bonchev–Trinajstić information content (AvgIpc) is 2.18. The Balaban J connectivity index is 2.91. The van der Waals surface area contributed by atoms with E-state index in [0.717, 1.165) is 4.47 Å². The van der Waals surface area contributed by atoms with E-state index in [1.807, 2.05) is 6.07 Å². The van der Waals surface area contributed by atoms with E-state index in [-0.39, 0.29) is 0 Å². The number of anilines is 1. The number of rotatable bonds is 4. The van der Waals surface area contributed by atoms with E-state index in [9.17, 15) is 4.79 Å². The van der Waals surface area contributed by atoms with Crippen LogP contribution >= 0.6 is 15.9 Å². The Hall–Kier alpha value is -1.23. The molecular formula is C10H12BrNO3. The Morgan fingerprint density at radius 2 is 2.27 bits per heavy atom. The van der Waals surface area contributed by atoms with E-state index in [0.29, 0.717) is 11.4 Å². The molecule has 5 heteroatoms. The zero-order valence-electron chi connectivity index (χ0n) is 8.45. The fourth-order valence-electron chi connectivity index (χ4n) is 1.09. The minimum Gasteiger partial charge on any atom is -0.495 e. The maximum Gasteiger partial charge on any atom is 0.325 e. The normalized spacial score (nSPS) is 11.9. The van der Waals surface area contributed by atoms with Crippen molar-refractivity contribution in [3.8, 4) is 5.75 Å². The molecule has 2 N–H and O–H groups in total. The molecule has 1 rings (SSSR count). The van der Waals surface area contributed by atoms with Gasteiger partial charge in [0.25, 0.3) is 0 Å². The van der Waals surface area contributed by atoms with Gasteiger partial charge in [-0.1, -0.05) is 15.9 Å². The highest BCUT2D eigenvalue weighted by atomic mass is 79.9. The van der Waals surface area contributed by atoms with Crippen LogP contribution in [-0.2, 0) is 4.79 Å². The first kappa shape index (κ1) is 11.8. The molecule has 0 aliphatic heterocycles. The molecule has 0 radical (unpaired) electrons. The number of ether oxygens (including phenoxy) is 1. The molecule has 0 fully saturated rings. The quantitative estimate of drug-likeness (QED) is 0.884. The van der Waals surface area contributed by atoms with Crippen LogP contribution in [0.5, 0.6) is 5.75 Å². The second kappa shape index (κ2) is 5.02. The van der Waals surface area contributed by atoms with Crippen molar-refractivity contribution in [1.82, 2.24) is 0 Å². The molecule has 0 aliphatic carbocycles. The Labute approximate surface area is 96.4 Å². The van der Waals surface area contributed by atoms with Crippen LogP contribution in [0.1, 0.15) is 6.92 Å². The van der Waals surface area contributed by atoms with Crippen molar-refractivity contribution in [1.29, 1.82) is 0 Å². The molecule has 0 saturated heterocycles. The summed E-state index contributed by atoms with van der Waals surface area (Å²) >= 11 is 3.31. The Bertz CT molecular complexity index is 368. The summed E-state index contributed by atoms with van der Waals surface area (Å²) in [6.45, 7) is 1.57. The van der Waals surface area contributed by atoms with Crippen molar-refractivity contribution in [3.05, 3.63) is 22.7 Å². The van der Waals surface area contributed by atoms with E-state index in [2.05, 4.69) is 21.2 Å². The van der Waals surface area contributed by atoms with Crippen molar-refractivity contribution >= 4 is 27.6 Å². The van der Waals surface area contributed by atoms with Crippen LogP contribution < -0.4 is 10.1 Å². The van der Waals surface area contributed by atoms with Gasteiger partial charge in [0.2, 0.25) is 0 Å². The van der Waals surface area contributed by atoms with E-state index < -0.39 is 12.0 Å². The predicted molar refractivity (Wildman–Crippen MR) is 61.4 cm³/mol. The summed E-state index contributed by atoms with van der Waals surface area (Å²) in [6.07, 6.45) is 0. The molecule has 0 saturated carbocycles. The number of hydrogen-bond donors (Lipinski definition) is 2. The van der Waals surface area contributed by atoms with Gasteiger partial charge >= 0.3 is 5.97 Å². The summed E-state index contributed by atoms with van der Waals surface area (Å²) in [5.74, 6) is -0.289. The van der Waals surface area contributed by atoms with Gasteiger partial charge in [0.05, 0.1) is 12.8 Å². The SMILES string of the molecule is COc1ccc(Br)cc1NC(C)C(=O)O. The second-order valence-electron chi connectivity index (χ2n) is 3.05. The fourth-order valence-corrected chi connectivity index (χ4v) is 1.45. The van der Waals surface area contributed by atoms with Crippen molar-refractivity contribution in [2.45, 2.75) is 13.0 Å². The van der Waals surface area contributed by atoms with Crippen LogP contribution in [0.15, 0.2) is 22.7 Å². The highest BCUT2D eigenvalue weighted by Gasteiger charge is 2.12. The van der Waals surface area contributed by atoms with Crippen LogP contribution in [-0.4, -0.2) is 24.2 Å². The first-order valence-corrected chi connectivity index (χ1v) is 5.16. The number of aliphatic carboxylic acids is 1. The Morgan fingerprint density at radius 3 is 2.80 bits per heavy atom. The molecule has 15 heavy (non-hydrogen) atoms. The first-order chi connectivity index (χ1) is 7.04. The number of nitrogens with one attached hydrogen (secondary N) is 1. The van der Waals surface area contributed by atoms with E-state index in [4.69, 9.17) is 9.84 Å². The standard InChI is InChI=1S/C10H12BrNO3/c1-6(10(13)14)12-8-5-7(11)3-4-9(8)15-2/h3-6,12H,1-2H3,(H,13,14). The summed E-state index contributed by atoms with van der Waals surface area (Å²) in [4.78, 5) is 10.7. The largest absolute Gasteiger partial charge is 0.495 e. The molecular weight excluding hydrogens is 262 g/mol. The van der Waals surface area contributed by atoms with Crippen LogP contribution in [0.3, 0.4) is 0 Å². The number of hydrogen-bond acceptors (Lipinski definition) is 3. The van der Waals surface area contributed by atoms with Gasteiger partial charge in [-0.2, -0.15) is 0 Å². The molecule has 1 atom stereocenters. The zero-order chi connectivity index (χ0) is 11.4. The van der Waals surface area contributed by atoms with Gasteiger partial charge in [-0.3, -0.25) is 4.79 Å². The molecule has 0 aliphatic rings. The third-order valence-corrected chi connectivity index (χ3v) is 2.40. The number of methoxy groups -OCH3 is 1. The first-order valence-electron chi connectivity index (χ1n) is 4.37. The predicted octanol–water partition coefficient (Wildman–Crippen LogP) is 2.34. The van der Waals surface area contributed by atoms with Gasteiger partial charge in [0.15, 0.2) is 0 Å². The van der Waals surface area contributed by atoms with Gasteiger partial charge < -0.3 is 15.2 Å². The number of carboxylic acid groups (broad SMARTS) is 1. The lowest BCUT2D eigenvalue weighted by molar-refractivity contribution is -0.137. The lowest BCUT2D eigenvalue weighted by atomic mass is 10.2. The summed E-state index contributed by atoms with van der Waals surface area (Å²) in [5, 5.41) is 11.6. The molecule has 1 aromatic carbocycles. The lowest BCUT2D eigenvalue weighted by Crippen LogP contribution is -2.25. The van der Waals surface area contributed by atoms with Crippen LogP contribution in [0.4, 0.5) is 5.69 Å². The van der Waals surface area contributed by atoms with Crippen LogP contribution in [0, 0.1) is 0 Å². The highest BCUT2D eigenvalue weighted by molar-refractivity contribution is 9.10. The number of carbonyl (C=O) groups is 1. The minimum atomic E-state index is -0.906. The van der Waals surface area contributed by atoms with Gasteiger partial charge in [-0.25, -0.2) is 0 Å². The average molecular weight is 274 g/mol. The minimum absolute atomic E-state index is 0.617. The monoisotopic (exact) mass is 273 g/mol. The van der Waals surface area contributed by atoms with Gasteiger partial charge in [-0.05, 0) is 25.1 Å². The smallest absolute Gasteiger partial charge is 0.325 e. The van der Waals surface area contributed by atoms with Crippen LogP contribution in [0.25, 0.3) is 0 Å². The van der Waals surface area contributed by atoms with Gasteiger partial charge in [0, 0.05) is 4.47 Å². The number of carboxylic acids is 1. The molecule has 0 bridgehead atoms. The zero-order valence-corrected chi connectivity index (χ0v) is 10.0. The molecule has 0 heterocycles. The number of benzene rings is 1. The van der Waals surface area contributed by atoms with E-state index in [1.165, 1.54) is 0 Å². The summed E-state index contributed by atoms with van der Waals surface area (Å²) in [7, 11) is 1.54. The third kappa shape index (κ3) is 3.13. The van der Waals surface area contributed by atoms with Crippen molar-refractivity contribution in [3.63, 3.8) is 0 Å². The van der Waals surface area contributed by atoms with Crippen molar-refractivity contribution in [2.75, 3.05) is 12.4 Å². The topological polar surface area (TPSA) is 58.6 Å². The maximum atomic E-state index is 10.7. The fraction of sp³-hybridized carbons (Fsp3) is 0.300. The molecule has 0 aromatic heterocycles. The molecule has 0 amide bonds. The van der Waals surface area contributed by atoms with Gasteiger partial charge in [-0.15, -0.1) is 0 Å². The summed E-state index contributed by atoms with van der Waals surface area (Å²) in [5.41, 5.74) is 0.654. The van der Waals surface area contributed by atoms with E-state index >= 15 is 0 Å². The van der Waals surface area contributed by atoms with Crippen molar-refractivity contribution < 1.29 is 14.6 Å². The maximum absolute atomic E-state index is 10.7. The second-order valence-corrected chi connectivity index (χ2v) is 3.96. The molecule has 0 spiro atoms. The highest BCUT2D eigenvalue weighted by Crippen LogP contribution is 2.28. The summed E-state index contributed by atoms with van der Waals surface area (Å²) < 4.78 is 5.97. The summed E-state index contributed by atoms with van der Waals surface area (Å²) in [6, 6.07) is 4.71. The number of halogens is 1. The van der Waals surface area contributed by atoms with Crippen LogP contribution in [0.2, 0.25) is 0 Å². The molecule has 82 valence electrons. The Kier molecular flexibility index (Phi) is 3.96. The van der Waals surface area contributed by atoms with Gasteiger partial charge in [0.1, 0.15) is 11.8 Å². The Morgan fingerprint density at radius 1 is 1.60 bits per heavy atom. The molecule has 1 aromatic rings. The lowest BCUT2D eigenvalue weighted by Gasteiger charge is -2.14. The molecule has 4 nitrogen and oxygen atoms in total.